The van der Waals surface area contributed by atoms with E-state index < -0.39 is 0 Å². The molecule has 0 bridgehead atoms. The van der Waals surface area contributed by atoms with Crippen molar-refractivity contribution >= 4 is 22.4 Å². The Morgan fingerprint density at radius 3 is 2.62 bits per heavy atom. The smallest absolute Gasteiger partial charge is 0.226 e. The predicted molar refractivity (Wildman–Crippen MR) is 115 cm³/mol. The van der Waals surface area contributed by atoms with Crippen molar-refractivity contribution < 1.29 is 9.21 Å². The van der Waals surface area contributed by atoms with Gasteiger partial charge in [-0.3, -0.25) is 4.79 Å². The van der Waals surface area contributed by atoms with Gasteiger partial charge in [-0.05, 0) is 12.5 Å². The first-order chi connectivity index (χ1) is 14.2. The number of thiazole rings is 1. The van der Waals surface area contributed by atoms with E-state index in [4.69, 9.17) is 4.42 Å². The predicted octanol–water partition coefficient (Wildman–Crippen LogP) is 5.27. The molecule has 2 aromatic heterocycles. The van der Waals surface area contributed by atoms with Gasteiger partial charge in [-0.15, -0.1) is 11.3 Å². The minimum absolute atomic E-state index is 0.0966. The summed E-state index contributed by atoms with van der Waals surface area (Å²) in [6.45, 7) is 2.04. The van der Waals surface area contributed by atoms with Gasteiger partial charge in [0.1, 0.15) is 0 Å². The zero-order chi connectivity index (χ0) is 20.1. The third kappa shape index (κ3) is 5.18. The van der Waals surface area contributed by atoms with Gasteiger partial charge >= 0.3 is 0 Å². The number of amides is 1. The monoisotopic (exact) mass is 403 g/mol. The van der Waals surface area contributed by atoms with Crippen LogP contribution in [-0.4, -0.2) is 15.9 Å². The van der Waals surface area contributed by atoms with Crippen molar-refractivity contribution in [3.05, 3.63) is 88.9 Å². The van der Waals surface area contributed by atoms with Gasteiger partial charge in [0.15, 0.2) is 16.8 Å². The molecule has 146 valence electrons. The minimum atomic E-state index is -0.0966. The third-order valence-corrected chi connectivity index (χ3v) is 5.39. The standard InChI is InChI=1S/C23H21N3O2S/c1-16-7-9-18(10-8-16)20-15-24-22(28-20)12-11-21(27)26-23-25-14-19(29-23)13-17-5-3-2-4-6-17/h2-10,14-15H,11-13H2,1H3,(H,25,26,27). The summed E-state index contributed by atoms with van der Waals surface area (Å²) in [7, 11) is 0. The molecule has 0 aliphatic rings. The van der Waals surface area contributed by atoms with Crippen LogP contribution < -0.4 is 5.32 Å². The molecule has 0 atom stereocenters. The van der Waals surface area contributed by atoms with E-state index in [0.717, 1.165) is 16.9 Å². The molecule has 0 aliphatic heterocycles. The van der Waals surface area contributed by atoms with Crippen molar-refractivity contribution in [2.45, 2.75) is 26.2 Å². The molecule has 1 amide bonds. The number of benzene rings is 2. The summed E-state index contributed by atoms with van der Waals surface area (Å²) in [5, 5.41) is 3.48. The average molecular weight is 404 g/mol. The molecule has 6 heteroatoms. The van der Waals surface area contributed by atoms with Gasteiger partial charge in [0.2, 0.25) is 5.91 Å². The Hall–Kier alpha value is -3.25. The van der Waals surface area contributed by atoms with E-state index >= 15 is 0 Å². The quantitative estimate of drug-likeness (QED) is 0.456. The van der Waals surface area contributed by atoms with Crippen LogP contribution >= 0.6 is 11.3 Å². The Labute approximate surface area is 173 Å². The summed E-state index contributed by atoms with van der Waals surface area (Å²) in [5.74, 6) is 1.17. The molecule has 0 unspecified atom stereocenters. The van der Waals surface area contributed by atoms with Crippen LogP contribution in [0.3, 0.4) is 0 Å². The summed E-state index contributed by atoms with van der Waals surface area (Å²) < 4.78 is 5.78. The molecule has 0 spiro atoms. The van der Waals surface area contributed by atoms with Gasteiger partial charge in [-0.2, -0.15) is 0 Å². The second-order valence-electron chi connectivity index (χ2n) is 6.83. The number of carbonyl (C=O) groups is 1. The second kappa shape index (κ2) is 8.84. The SMILES string of the molecule is Cc1ccc(-c2cnc(CCC(=O)Nc3ncc(Cc4ccccc4)s3)o2)cc1. The molecule has 2 aromatic carbocycles. The van der Waals surface area contributed by atoms with Crippen molar-refractivity contribution in [1.29, 1.82) is 0 Å². The third-order valence-electron chi connectivity index (χ3n) is 4.48. The lowest BCUT2D eigenvalue weighted by atomic mass is 10.1. The van der Waals surface area contributed by atoms with E-state index in [0.29, 0.717) is 29.6 Å². The summed E-state index contributed by atoms with van der Waals surface area (Å²) >= 11 is 1.50. The van der Waals surface area contributed by atoms with E-state index in [-0.39, 0.29) is 5.91 Å². The second-order valence-corrected chi connectivity index (χ2v) is 7.94. The van der Waals surface area contributed by atoms with Crippen molar-refractivity contribution in [1.82, 2.24) is 9.97 Å². The van der Waals surface area contributed by atoms with E-state index in [9.17, 15) is 4.79 Å². The molecule has 0 saturated heterocycles. The van der Waals surface area contributed by atoms with E-state index in [1.165, 1.54) is 22.5 Å². The molecule has 1 N–H and O–H groups in total. The molecule has 4 aromatic rings. The molecule has 0 radical (unpaired) electrons. The van der Waals surface area contributed by atoms with Gasteiger partial charge in [-0.25, -0.2) is 9.97 Å². The molecule has 0 saturated carbocycles. The summed E-state index contributed by atoms with van der Waals surface area (Å²) in [4.78, 5) is 22.0. The number of aryl methyl sites for hydroxylation is 2. The van der Waals surface area contributed by atoms with Crippen LogP contribution in [0.1, 0.15) is 28.3 Å². The van der Waals surface area contributed by atoms with Gasteiger partial charge in [0, 0.05) is 35.9 Å². The normalized spacial score (nSPS) is 10.8. The first-order valence-corrected chi connectivity index (χ1v) is 10.3. The van der Waals surface area contributed by atoms with Crippen molar-refractivity contribution in [3.63, 3.8) is 0 Å². The van der Waals surface area contributed by atoms with Gasteiger partial charge in [-0.1, -0.05) is 60.2 Å². The fourth-order valence-electron chi connectivity index (χ4n) is 2.92. The Bertz CT molecular complexity index is 1080. The lowest BCUT2D eigenvalue weighted by Crippen LogP contribution is -2.12. The molecular weight excluding hydrogens is 382 g/mol. The van der Waals surface area contributed by atoms with Gasteiger partial charge < -0.3 is 9.73 Å². The van der Waals surface area contributed by atoms with Crippen LogP contribution in [0.5, 0.6) is 0 Å². The highest BCUT2D eigenvalue weighted by molar-refractivity contribution is 7.15. The number of carbonyl (C=O) groups excluding carboxylic acids is 1. The fraction of sp³-hybridized carbons (Fsp3) is 0.174. The lowest BCUT2D eigenvalue weighted by Gasteiger charge is -2.00. The highest BCUT2D eigenvalue weighted by atomic mass is 32.1. The summed E-state index contributed by atoms with van der Waals surface area (Å²) in [6.07, 6.45) is 5.07. The molecule has 4 rings (SSSR count). The van der Waals surface area contributed by atoms with E-state index in [1.54, 1.807) is 6.20 Å². The van der Waals surface area contributed by atoms with E-state index in [1.807, 2.05) is 55.6 Å². The first kappa shape index (κ1) is 19.1. The largest absolute Gasteiger partial charge is 0.441 e. The number of hydrogen-bond acceptors (Lipinski definition) is 5. The van der Waals surface area contributed by atoms with E-state index in [2.05, 4.69) is 27.4 Å². The van der Waals surface area contributed by atoms with Crippen LogP contribution in [0.4, 0.5) is 5.13 Å². The van der Waals surface area contributed by atoms with Gasteiger partial charge in [0.05, 0.1) is 6.20 Å². The van der Waals surface area contributed by atoms with Crippen molar-refractivity contribution in [2.75, 3.05) is 5.32 Å². The maximum absolute atomic E-state index is 12.3. The van der Waals surface area contributed by atoms with Crippen molar-refractivity contribution in [3.8, 4) is 11.3 Å². The highest BCUT2D eigenvalue weighted by Gasteiger charge is 2.11. The Morgan fingerprint density at radius 2 is 1.83 bits per heavy atom. The van der Waals surface area contributed by atoms with Crippen LogP contribution in [0.2, 0.25) is 0 Å². The topological polar surface area (TPSA) is 68.0 Å². The number of nitrogens with one attached hydrogen (secondary N) is 1. The number of oxazole rings is 1. The Kier molecular flexibility index (Phi) is 5.81. The number of anilines is 1. The molecule has 0 aliphatic carbocycles. The maximum Gasteiger partial charge on any atom is 0.226 e. The van der Waals surface area contributed by atoms with Crippen LogP contribution in [-0.2, 0) is 17.6 Å². The number of hydrogen-bond donors (Lipinski definition) is 1. The van der Waals surface area contributed by atoms with Crippen LogP contribution in [0, 0.1) is 6.92 Å². The molecule has 29 heavy (non-hydrogen) atoms. The van der Waals surface area contributed by atoms with Crippen LogP contribution in [0.15, 0.2) is 71.4 Å². The minimum Gasteiger partial charge on any atom is -0.441 e. The molecular formula is C23H21N3O2S. The Balaban J connectivity index is 1.29. The maximum atomic E-state index is 12.3. The average Bonchev–Trinajstić information content (AvgIpc) is 3.37. The van der Waals surface area contributed by atoms with Crippen molar-refractivity contribution in [2.24, 2.45) is 0 Å². The van der Waals surface area contributed by atoms with Crippen LogP contribution in [0.25, 0.3) is 11.3 Å². The zero-order valence-electron chi connectivity index (χ0n) is 16.1. The molecule has 5 nitrogen and oxygen atoms in total. The highest BCUT2D eigenvalue weighted by Crippen LogP contribution is 2.23. The molecule has 0 fully saturated rings. The Morgan fingerprint density at radius 1 is 1.03 bits per heavy atom. The number of rotatable bonds is 7. The first-order valence-electron chi connectivity index (χ1n) is 9.46. The zero-order valence-corrected chi connectivity index (χ0v) is 16.9. The molecule has 2 heterocycles. The summed E-state index contributed by atoms with van der Waals surface area (Å²) in [6, 6.07) is 18.3. The summed E-state index contributed by atoms with van der Waals surface area (Å²) in [5.41, 5.74) is 3.40. The fourth-order valence-corrected chi connectivity index (χ4v) is 3.79. The lowest BCUT2D eigenvalue weighted by molar-refractivity contribution is -0.116. The number of nitrogens with zero attached hydrogens (tertiary/aromatic N) is 2. The van der Waals surface area contributed by atoms with Gasteiger partial charge in [0.25, 0.3) is 0 Å². The number of aromatic nitrogens is 2.